The topological polar surface area (TPSA) is 61.4 Å². The molecule has 0 fully saturated rings. The first-order valence-corrected chi connectivity index (χ1v) is 10.1. The number of hydrogen-bond donors (Lipinski definition) is 2. The number of sulfonamides is 1. The van der Waals surface area contributed by atoms with Gasteiger partial charge in [0.2, 0.25) is 10.0 Å². The van der Waals surface area contributed by atoms with Crippen molar-refractivity contribution in [1.29, 1.82) is 0 Å². The Kier molecular flexibility index (Phi) is 6.84. The molecule has 0 bridgehead atoms. The summed E-state index contributed by atoms with van der Waals surface area (Å²) in [4.78, 5) is 0. The Morgan fingerprint density at radius 2 is 1.76 bits per heavy atom. The fraction of sp³-hybridized carbons (Fsp3) is 0.368. The zero-order valence-corrected chi connectivity index (χ0v) is 15.9. The van der Waals surface area contributed by atoms with E-state index >= 15 is 0 Å². The second-order valence-corrected chi connectivity index (χ2v) is 8.38. The molecular formula is C19H27N3O2S. The molecule has 25 heavy (non-hydrogen) atoms. The molecule has 0 aliphatic carbocycles. The molecule has 2 rings (SSSR count). The summed E-state index contributed by atoms with van der Waals surface area (Å²) >= 11 is 0. The summed E-state index contributed by atoms with van der Waals surface area (Å²) in [6, 6.07) is 16.4. The van der Waals surface area contributed by atoms with Gasteiger partial charge in [0, 0.05) is 38.1 Å². The van der Waals surface area contributed by atoms with Crippen molar-refractivity contribution in [3.05, 3.63) is 59.7 Å². The van der Waals surface area contributed by atoms with Gasteiger partial charge >= 0.3 is 0 Å². The van der Waals surface area contributed by atoms with Crippen molar-refractivity contribution in [2.45, 2.75) is 20.4 Å². The Balaban J connectivity index is 1.87. The minimum atomic E-state index is -3.12. The summed E-state index contributed by atoms with van der Waals surface area (Å²) in [6.45, 7) is 5.53. The summed E-state index contributed by atoms with van der Waals surface area (Å²) in [7, 11) is -1.50. The maximum Gasteiger partial charge on any atom is 0.213 e. The molecule has 0 spiro atoms. The van der Waals surface area contributed by atoms with Crippen LogP contribution in [-0.2, 0) is 16.6 Å². The van der Waals surface area contributed by atoms with Gasteiger partial charge in [0.25, 0.3) is 0 Å². The van der Waals surface area contributed by atoms with Crippen LogP contribution in [0.5, 0.6) is 0 Å². The van der Waals surface area contributed by atoms with Crippen molar-refractivity contribution in [1.82, 2.24) is 4.31 Å². The van der Waals surface area contributed by atoms with Crippen molar-refractivity contribution < 1.29 is 8.42 Å². The fourth-order valence-corrected chi connectivity index (χ4v) is 3.29. The first-order valence-electron chi connectivity index (χ1n) is 8.48. The first kappa shape index (κ1) is 19.3. The number of anilines is 2. The van der Waals surface area contributed by atoms with E-state index in [0.29, 0.717) is 13.1 Å². The van der Waals surface area contributed by atoms with E-state index in [4.69, 9.17) is 0 Å². The summed E-state index contributed by atoms with van der Waals surface area (Å²) in [5.41, 5.74) is 4.48. The predicted octanol–water partition coefficient (Wildman–Crippen LogP) is 3.30. The van der Waals surface area contributed by atoms with E-state index in [2.05, 4.69) is 35.8 Å². The SMILES string of the molecule is CCS(=O)(=O)N(C)CCNc1ccc(NCc2ccccc2)c(C)c1. The Bertz CT molecular complexity index is 777. The van der Waals surface area contributed by atoms with Gasteiger partial charge < -0.3 is 10.6 Å². The highest BCUT2D eigenvalue weighted by Crippen LogP contribution is 2.20. The Hall–Kier alpha value is -2.05. The van der Waals surface area contributed by atoms with E-state index < -0.39 is 10.0 Å². The minimum absolute atomic E-state index is 0.129. The van der Waals surface area contributed by atoms with Gasteiger partial charge in [0.15, 0.2) is 0 Å². The van der Waals surface area contributed by atoms with Crippen LogP contribution in [0, 0.1) is 6.92 Å². The van der Waals surface area contributed by atoms with E-state index in [9.17, 15) is 8.42 Å². The molecule has 5 nitrogen and oxygen atoms in total. The molecule has 0 radical (unpaired) electrons. The normalized spacial score (nSPS) is 11.5. The van der Waals surface area contributed by atoms with Crippen LogP contribution in [0.15, 0.2) is 48.5 Å². The third-order valence-electron chi connectivity index (χ3n) is 4.15. The van der Waals surface area contributed by atoms with Crippen molar-refractivity contribution in [2.24, 2.45) is 0 Å². The second-order valence-electron chi connectivity index (χ2n) is 6.02. The number of nitrogens with zero attached hydrogens (tertiary/aromatic N) is 1. The molecule has 2 aromatic rings. The van der Waals surface area contributed by atoms with Crippen LogP contribution in [-0.4, -0.2) is 38.6 Å². The highest BCUT2D eigenvalue weighted by Gasteiger charge is 2.13. The van der Waals surface area contributed by atoms with Gasteiger partial charge in [-0.15, -0.1) is 0 Å². The summed E-state index contributed by atoms with van der Waals surface area (Å²) in [6.07, 6.45) is 0. The Morgan fingerprint density at radius 1 is 1.04 bits per heavy atom. The van der Waals surface area contributed by atoms with Crippen LogP contribution in [0.25, 0.3) is 0 Å². The van der Waals surface area contributed by atoms with Gasteiger partial charge in [0.1, 0.15) is 0 Å². The molecule has 2 N–H and O–H groups in total. The molecule has 0 aromatic heterocycles. The molecule has 0 aliphatic rings. The quantitative estimate of drug-likeness (QED) is 0.719. The van der Waals surface area contributed by atoms with Crippen molar-refractivity contribution in [2.75, 3.05) is 36.5 Å². The summed E-state index contributed by atoms with van der Waals surface area (Å²) in [5.74, 6) is 0.129. The average molecular weight is 362 g/mol. The zero-order valence-electron chi connectivity index (χ0n) is 15.1. The molecule has 0 unspecified atom stereocenters. The fourth-order valence-electron chi connectivity index (χ4n) is 2.48. The zero-order chi connectivity index (χ0) is 18.3. The standard InChI is InChI=1S/C19H27N3O2S/c1-4-25(23,24)22(3)13-12-20-18-10-11-19(16(2)14-18)21-15-17-8-6-5-7-9-17/h5-11,14,20-21H,4,12-13,15H2,1-3H3. The highest BCUT2D eigenvalue weighted by molar-refractivity contribution is 7.89. The number of hydrogen-bond acceptors (Lipinski definition) is 4. The van der Waals surface area contributed by atoms with Crippen molar-refractivity contribution >= 4 is 21.4 Å². The highest BCUT2D eigenvalue weighted by atomic mass is 32.2. The van der Waals surface area contributed by atoms with Crippen molar-refractivity contribution in [3.63, 3.8) is 0 Å². The summed E-state index contributed by atoms with van der Waals surface area (Å²) < 4.78 is 24.8. The van der Waals surface area contributed by atoms with Gasteiger partial charge in [-0.1, -0.05) is 30.3 Å². The average Bonchev–Trinajstić information content (AvgIpc) is 2.61. The lowest BCUT2D eigenvalue weighted by molar-refractivity contribution is 0.481. The predicted molar refractivity (Wildman–Crippen MR) is 106 cm³/mol. The van der Waals surface area contributed by atoms with Gasteiger partial charge in [-0.3, -0.25) is 0 Å². The Morgan fingerprint density at radius 3 is 2.40 bits per heavy atom. The third-order valence-corrected chi connectivity index (χ3v) is 6.01. The van der Waals surface area contributed by atoms with E-state index in [0.717, 1.165) is 23.5 Å². The minimum Gasteiger partial charge on any atom is -0.384 e. The first-order chi connectivity index (χ1) is 11.9. The van der Waals surface area contributed by atoms with Gasteiger partial charge in [0.05, 0.1) is 5.75 Å². The molecule has 6 heteroatoms. The van der Waals surface area contributed by atoms with E-state index in [-0.39, 0.29) is 5.75 Å². The molecule has 136 valence electrons. The van der Waals surface area contributed by atoms with Crippen LogP contribution < -0.4 is 10.6 Å². The monoisotopic (exact) mass is 361 g/mol. The lowest BCUT2D eigenvalue weighted by Crippen LogP contribution is -2.32. The van der Waals surface area contributed by atoms with Gasteiger partial charge in [-0.05, 0) is 43.2 Å². The lowest BCUT2D eigenvalue weighted by atomic mass is 10.1. The number of benzene rings is 2. The summed E-state index contributed by atoms with van der Waals surface area (Å²) in [5, 5.41) is 6.72. The van der Waals surface area contributed by atoms with Crippen LogP contribution in [0.2, 0.25) is 0 Å². The van der Waals surface area contributed by atoms with Crippen LogP contribution in [0.4, 0.5) is 11.4 Å². The lowest BCUT2D eigenvalue weighted by Gasteiger charge is -2.17. The van der Waals surface area contributed by atoms with Gasteiger partial charge in [-0.2, -0.15) is 0 Å². The molecule has 0 amide bonds. The maximum atomic E-state index is 11.7. The van der Waals surface area contributed by atoms with Crippen LogP contribution in [0.3, 0.4) is 0 Å². The molecule has 2 aromatic carbocycles. The van der Waals surface area contributed by atoms with Gasteiger partial charge in [-0.25, -0.2) is 12.7 Å². The molecular weight excluding hydrogens is 334 g/mol. The van der Waals surface area contributed by atoms with Crippen molar-refractivity contribution in [3.8, 4) is 0 Å². The molecule has 0 aliphatic heterocycles. The molecule has 0 saturated heterocycles. The number of likely N-dealkylation sites (N-methyl/N-ethyl adjacent to an activating group) is 1. The smallest absolute Gasteiger partial charge is 0.213 e. The second kappa shape index (κ2) is 8.87. The van der Waals surface area contributed by atoms with E-state index in [1.165, 1.54) is 9.87 Å². The van der Waals surface area contributed by atoms with E-state index in [1.54, 1.807) is 14.0 Å². The maximum absolute atomic E-state index is 11.7. The Labute approximate surface area is 151 Å². The number of aryl methyl sites for hydroxylation is 1. The molecule has 0 atom stereocenters. The number of nitrogens with one attached hydrogen (secondary N) is 2. The molecule has 0 heterocycles. The van der Waals surface area contributed by atoms with Crippen LogP contribution >= 0.6 is 0 Å². The third kappa shape index (κ3) is 5.76. The largest absolute Gasteiger partial charge is 0.384 e. The van der Waals surface area contributed by atoms with Crippen LogP contribution in [0.1, 0.15) is 18.1 Å². The number of rotatable bonds is 9. The van der Waals surface area contributed by atoms with E-state index in [1.807, 2.05) is 30.3 Å². The molecule has 0 saturated carbocycles.